The number of halogens is 2. The van der Waals surface area contributed by atoms with E-state index in [1.165, 1.54) is 9.80 Å². The molecule has 0 N–H and O–H groups in total. The van der Waals surface area contributed by atoms with E-state index in [2.05, 4.69) is 24.6 Å². The van der Waals surface area contributed by atoms with Gasteiger partial charge in [0.25, 0.3) is 0 Å². The molecule has 0 saturated carbocycles. The standard InChI is InChI=1S/C16H20ClNO3.C15H18ClNO3.C4H12NSi.Li/c1-10(2)14-9-21-16(20)18(14)15(19)11(3)8-12-4-6-13(17)7-5-12;1-10(2)13-9-20-15(19)17(13)14(18)8-5-11-3-6-12(16)7-4-11;1-5-6(2,3)4;/h4-7,10-11,14H,8-9H2,1-3H3;3-4,6-7,10,13H,5,8-9H2,1-2H3;1-4H3;/q;;-1;+1/t11-,14+;13-;;/m01../s1. The van der Waals surface area contributed by atoms with Gasteiger partial charge in [-0.2, -0.15) is 7.05 Å². The fourth-order valence-electron chi connectivity index (χ4n) is 4.72. The molecule has 13 heteroatoms. The van der Waals surface area contributed by atoms with Gasteiger partial charge >= 0.3 is 31.0 Å². The molecule has 2 aliphatic heterocycles. The molecule has 9 nitrogen and oxygen atoms in total. The van der Waals surface area contributed by atoms with Gasteiger partial charge in [-0.05, 0) is 60.1 Å². The minimum absolute atomic E-state index is 0. The first-order valence-electron chi connectivity index (χ1n) is 16.0. The predicted molar refractivity (Wildman–Crippen MR) is 190 cm³/mol. The fraction of sp³-hybridized carbons (Fsp3) is 0.543. The number of imide groups is 2. The summed E-state index contributed by atoms with van der Waals surface area (Å²) < 4.78 is 10.0. The summed E-state index contributed by atoms with van der Waals surface area (Å²) in [5.41, 5.74) is 2.05. The monoisotopic (exact) mass is 713 g/mol. The Bertz CT molecular complexity index is 1340. The molecule has 0 unspecified atom stereocenters. The number of hydrogen-bond acceptors (Lipinski definition) is 6. The van der Waals surface area contributed by atoms with Crippen LogP contribution < -0.4 is 18.9 Å². The molecule has 2 saturated heterocycles. The Morgan fingerprint density at radius 3 is 1.60 bits per heavy atom. The van der Waals surface area contributed by atoms with Crippen LogP contribution in [0.25, 0.3) is 4.98 Å². The second-order valence-electron chi connectivity index (χ2n) is 13.5. The second-order valence-corrected chi connectivity index (χ2v) is 19.2. The number of ether oxygens (including phenoxy) is 2. The van der Waals surface area contributed by atoms with Gasteiger partial charge in [-0.15, -0.1) is 0 Å². The fourth-order valence-corrected chi connectivity index (χ4v) is 4.97. The summed E-state index contributed by atoms with van der Waals surface area (Å²) >= 11 is 11.7. The summed E-state index contributed by atoms with van der Waals surface area (Å²) in [6.07, 6.45) is 0.404. The molecule has 48 heavy (non-hydrogen) atoms. The molecule has 2 heterocycles. The van der Waals surface area contributed by atoms with Crippen molar-refractivity contribution < 1.29 is 47.5 Å². The molecule has 2 aromatic carbocycles. The SMILES string of the molecule is CC(C)[C@H]1COC(=O)N1C(=O)CCc1ccc(Cl)cc1.CC(C)[C@H]1COC(=O)N1C(=O)[C@@H](C)Cc1ccc(Cl)cc1.C[N-][Si](C)(C)C.[Li+]. The minimum atomic E-state index is -1.01. The van der Waals surface area contributed by atoms with Crippen molar-refractivity contribution in [1.29, 1.82) is 0 Å². The van der Waals surface area contributed by atoms with Crippen LogP contribution in [0.1, 0.15) is 52.2 Å². The van der Waals surface area contributed by atoms with E-state index in [1.807, 2.05) is 65.9 Å². The van der Waals surface area contributed by atoms with Gasteiger partial charge in [0.2, 0.25) is 11.8 Å². The maximum absolute atomic E-state index is 12.5. The zero-order valence-electron chi connectivity index (χ0n) is 30.1. The summed E-state index contributed by atoms with van der Waals surface area (Å²) in [5.74, 6) is -0.255. The molecule has 0 aromatic heterocycles. The second kappa shape index (κ2) is 20.4. The molecule has 4 amide bonds. The van der Waals surface area contributed by atoms with E-state index in [0.29, 0.717) is 35.9 Å². The van der Waals surface area contributed by atoms with Crippen LogP contribution in [0.3, 0.4) is 0 Å². The Balaban J connectivity index is 0.000000404. The Hall–Kier alpha value is -2.33. The van der Waals surface area contributed by atoms with E-state index in [-0.39, 0.29) is 67.1 Å². The molecule has 2 fully saturated rings. The van der Waals surface area contributed by atoms with Gasteiger partial charge in [-0.25, -0.2) is 19.4 Å². The first-order chi connectivity index (χ1) is 21.9. The van der Waals surface area contributed by atoms with Gasteiger partial charge in [0.15, 0.2) is 0 Å². The van der Waals surface area contributed by atoms with E-state index in [9.17, 15) is 19.2 Å². The van der Waals surface area contributed by atoms with Gasteiger partial charge < -0.3 is 14.5 Å². The van der Waals surface area contributed by atoms with Gasteiger partial charge in [0, 0.05) is 22.4 Å². The first kappa shape index (κ1) is 43.7. The van der Waals surface area contributed by atoms with Gasteiger partial charge in [-0.1, -0.05) is 110 Å². The summed E-state index contributed by atoms with van der Waals surface area (Å²) in [5, 5.41) is 1.34. The number of benzene rings is 2. The molecule has 2 aliphatic rings. The van der Waals surface area contributed by atoms with E-state index < -0.39 is 20.4 Å². The quantitative estimate of drug-likeness (QED) is 0.312. The molecule has 0 aliphatic carbocycles. The molecule has 260 valence electrons. The molecule has 0 spiro atoms. The largest absolute Gasteiger partial charge is 1.00 e. The van der Waals surface area contributed by atoms with E-state index in [0.717, 1.165) is 11.1 Å². The van der Waals surface area contributed by atoms with E-state index in [1.54, 1.807) is 24.3 Å². The van der Waals surface area contributed by atoms with Crippen LogP contribution in [0.15, 0.2) is 48.5 Å². The van der Waals surface area contributed by atoms with Crippen LogP contribution >= 0.6 is 23.2 Å². The van der Waals surface area contributed by atoms with Crippen LogP contribution in [0.2, 0.25) is 29.7 Å². The number of hydrogen-bond donors (Lipinski definition) is 0. The first-order valence-corrected chi connectivity index (χ1v) is 20.2. The number of amides is 4. The van der Waals surface area contributed by atoms with Crippen LogP contribution in [0, 0.1) is 17.8 Å². The Kier molecular flexibility index (Phi) is 18.5. The van der Waals surface area contributed by atoms with Crippen molar-refractivity contribution in [2.75, 3.05) is 20.3 Å². The van der Waals surface area contributed by atoms with Crippen LogP contribution in [-0.2, 0) is 31.9 Å². The molecule has 3 atom stereocenters. The van der Waals surface area contributed by atoms with E-state index in [4.69, 9.17) is 32.7 Å². The van der Waals surface area contributed by atoms with Gasteiger partial charge in [0.1, 0.15) is 13.2 Å². The summed E-state index contributed by atoms with van der Waals surface area (Å²) in [6.45, 7) is 17.0. The van der Waals surface area contributed by atoms with Crippen molar-refractivity contribution in [2.45, 2.75) is 85.6 Å². The molecular formula is C35H50Cl2LiN3O6Si. The van der Waals surface area contributed by atoms with Crippen molar-refractivity contribution in [3.8, 4) is 0 Å². The molecule has 0 bridgehead atoms. The van der Waals surface area contributed by atoms with Crippen molar-refractivity contribution in [2.24, 2.45) is 17.8 Å². The van der Waals surface area contributed by atoms with Gasteiger partial charge in [0.05, 0.1) is 12.1 Å². The van der Waals surface area contributed by atoms with Gasteiger partial charge in [-0.3, -0.25) is 9.59 Å². The van der Waals surface area contributed by atoms with E-state index >= 15 is 0 Å². The molecular weight excluding hydrogens is 664 g/mol. The Morgan fingerprint density at radius 1 is 0.792 bits per heavy atom. The number of carbonyl (C=O) groups excluding carboxylic acids is 4. The number of rotatable bonds is 9. The number of aryl methyl sites for hydroxylation is 1. The normalized spacial score (nSPS) is 17.9. The zero-order chi connectivity index (χ0) is 35.5. The average Bonchev–Trinajstić information content (AvgIpc) is 3.60. The Morgan fingerprint density at radius 2 is 1.19 bits per heavy atom. The third kappa shape index (κ3) is 13.9. The Labute approximate surface area is 309 Å². The summed E-state index contributed by atoms with van der Waals surface area (Å²) in [4.78, 5) is 54.9. The maximum atomic E-state index is 12.5. The average molecular weight is 715 g/mol. The smallest absolute Gasteiger partial charge is 0.668 e. The number of nitrogens with zero attached hydrogens (tertiary/aromatic N) is 3. The number of carbonyl (C=O) groups is 4. The summed E-state index contributed by atoms with van der Waals surface area (Å²) in [6, 6.07) is 14.4. The van der Waals surface area contributed by atoms with Crippen molar-refractivity contribution in [3.05, 3.63) is 74.7 Å². The molecule has 4 rings (SSSR count). The number of cyclic esters (lactones) is 2. The maximum Gasteiger partial charge on any atom is 1.00 e. The third-order valence-corrected chi connectivity index (χ3v) is 9.79. The van der Waals surface area contributed by atoms with Crippen molar-refractivity contribution >= 4 is 55.4 Å². The predicted octanol–water partition coefficient (Wildman–Crippen LogP) is 5.63. The molecule has 2 aromatic rings. The minimum Gasteiger partial charge on any atom is -0.668 e. The third-order valence-electron chi connectivity index (χ3n) is 7.95. The van der Waals surface area contributed by atoms with Crippen LogP contribution in [0.4, 0.5) is 9.59 Å². The van der Waals surface area contributed by atoms with Crippen molar-refractivity contribution in [3.63, 3.8) is 0 Å². The zero-order valence-corrected chi connectivity index (χ0v) is 32.6. The summed E-state index contributed by atoms with van der Waals surface area (Å²) in [7, 11) is 0.889. The topological polar surface area (TPSA) is 107 Å². The van der Waals surface area contributed by atoms with Crippen LogP contribution in [0.5, 0.6) is 0 Å². The van der Waals surface area contributed by atoms with Crippen molar-refractivity contribution in [1.82, 2.24) is 9.80 Å². The molecule has 0 radical (unpaired) electrons. The van der Waals surface area contributed by atoms with Crippen LogP contribution in [-0.4, -0.2) is 74.4 Å².